The fourth-order valence-corrected chi connectivity index (χ4v) is 2.33. The molecule has 2 aromatic carbocycles. The minimum Gasteiger partial charge on any atom is -0.493 e. The first kappa shape index (κ1) is 20.3. The van der Waals surface area contributed by atoms with E-state index >= 15 is 0 Å². The van der Waals surface area contributed by atoms with E-state index in [0.717, 1.165) is 11.1 Å². The number of benzene rings is 2. The molecule has 0 N–H and O–H groups in total. The van der Waals surface area contributed by atoms with Gasteiger partial charge in [-0.2, -0.15) is 5.26 Å². The maximum Gasteiger partial charge on any atom is 0.189 e. The van der Waals surface area contributed by atoms with E-state index in [1.54, 1.807) is 45.6 Å². The number of ether oxygens (including phenoxy) is 5. The Hall–Kier alpha value is -3.01. The fourth-order valence-electron chi connectivity index (χ4n) is 2.33. The second kappa shape index (κ2) is 10.9. The highest BCUT2D eigenvalue weighted by molar-refractivity contribution is 5.89. The van der Waals surface area contributed by atoms with Gasteiger partial charge >= 0.3 is 0 Å². The second-order valence-electron chi connectivity index (χ2n) is 5.47. The molecule has 0 amide bonds. The molecule has 2 rings (SSSR count). The van der Waals surface area contributed by atoms with Gasteiger partial charge in [-0.3, -0.25) is 0 Å². The van der Waals surface area contributed by atoms with Crippen LogP contribution in [-0.2, 0) is 9.47 Å². The molecule has 0 radical (unpaired) electrons. The van der Waals surface area contributed by atoms with Crippen LogP contribution in [0.3, 0.4) is 0 Å². The number of allylic oxidation sites excluding steroid dienone is 1. The van der Waals surface area contributed by atoms with E-state index in [1.807, 2.05) is 24.3 Å². The Morgan fingerprint density at radius 2 is 1.70 bits per heavy atom. The molecular formula is C21H23NO5. The van der Waals surface area contributed by atoms with Gasteiger partial charge in [0.15, 0.2) is 18.3 Å². The summed E-state index contributed by atoms with van der Waals surface area (Å²) in [6, 6.07) is 15.0. The molecular weight excluding hydrogens is 346 g/mol. The summed E-state index contributed by atoms with van der Waals surface area (Å²) in [6.45, 7) is 1.14. The van der Waals surface area contributed by atoms with E-state index in [4.69, 9.17) is 23.7 Å². The zero-order valence-electron chi connectivity index (χ0n) is 15.7. The van der Waals surface area contributed by atoms with Crippen molar-refractivity contribution in [3.63, 3.8) is 0 Å². The largest absolute Gasteiger partial charge is 0.493 e. The van der Waals surface area contributed by atoms with E-state index < -0.39 is 0 Å². The molecule has 0 unspecified atom stereocenters. The van der Waals surface area contributed by atoms with Crippen LogP contribution in [-0.4, -0.2) is 41.3 Å². The van der Waals surface area contributed by atoms with Crippen molar-refractivity contribution in [1.29, 1.82) is 5.26 Å². The van der Waals surface area contributed by atoms with Gasteiger partial charge in [0.1, 0.15) is 5.75 Å². The Labute approximate surface area is 159 Å². The molecule has 2 aromatic rings. The summed E-state index contributed by atoms with van der Waals surface area (Å²) in [7, 11) is 4.78. The van der Waals surface area contributed by atoms with Crippen LogP contribution in [0.5, 0.6) is 17.2 Å². The van der Waals surface area contributed by atoms with Crippen LogP contribution in [0.1, 0.15) is 11.1 Å². The minimum atomic E-state index is 0.148. The van der Waals surface area contributed by atoms with Gasteiger partial charge in [-0.15, -0.1) is 0 Å². The van der Waals surface area contributed by atoms with Crippen molar-refractivity contribution >= 4 is 11.6 Å². The third-order valence-electron chi connectivity index (χ3n) is 3.75. The number of nitriles is 1. The van der Waals surface area contributed by atoms with Crippen molar-refractivity contribution in [1.82, 2.24) is 0 Å². The van der Waals surface area contributed by atoms with E-state index in [-0.39, 0.29) is 6.79 Å². The topological polar surface area (TPSA) is 69.9 Å². The molecule has 0 heterocycles. The van der Waals surface area contributed by atoms with Gasteiger partial charge in [0.2, 0.25) is 0 Å². The number of hydrogen-bond donors (Lipinski definition) is 0. The lowest BCUT2D eigenvalue weighted by molar-refractivity contribution is -0.00847. The fraction of sp³-hybridized carbons (Fsp3) is 0.286. The zero-order valence-corrected chi connectivity index (χ0v) is 15.7. The lowest BCUT2D eigenvalue weighted by Gasteiger charge is -2.09. The Bertz CT molecular complexity index is 793. The molecule has 0 fully saturated rings. The summed E-state index contributed by atoms with van der Waals surface area (Å²) in [6.07, 6.45) is 1.80. The molecule has 142 valence electrons. The van der Waals surface area contributed by atoms with Gasteiger partial charge in [0.25, 0.3) is 0 Å². The summed E-state index contributed by atoms with van der Waals surface area (Å²) in [4.78, 5) is 0. The highest BCUT2D eigenvalue weighted by Crippen LogP contribution is 2.29. The molecule has 0 spiro atoms. The standard InChI is InChI=1S/C21H23NO5/c1-23-10-11-26-15-27-19-7-5-17(6-8-19)18(14-22)12-16-4-9-20(24-2)21(13-16)25-3/h4-9,12-13H,10-11,15H2,1-3H3. The van der Waals surface area contributed by atoms with Crippen molar-refractivity contribution in [3.8, 4) is 23.3 Å². The maximum absolute atomic E-state index is 9.52. The highest BCUT2D eigenvalue weighted by Gasteiger charge is 2.06. The van der Waals surface area contributed by atoms with Gasteiger partial charge in [0, 0.05) is 7.11 Å². The van der Waals surface area contributed by atoms with Crippen LogP contribution in [0.25, 0.3) is 11.6 Å². The molecule has 0 aliphatic carbocycles. The molecule has 0 aromatic heterocycles. The quantitative estimate of drug-likeness (QED) is 0.275. The first-order valence-electron chi connectivity index (χ1n) is 8.35. The van der Waals surface area contributed by atoms with Crippen molar-refractivity contribution in [2.45, 2.75) is 0 Å². The van der Waals surface area contributed by atoms with Gasteiger partial charge in [-0.1, -0.05) is 6.07 Å². The first-order chi connectivity index (χ1) is 13.2. The first-order valence-corrected chi connectivity index (χ1v) is 8.35. The number of hydrogen-bond acceptors (Lipinski definition) is 6. The number of nitrogens with zero attached hydrogens (tertiary/aromatic N) is 1. The van der Waals surface area contributed by atoms with Gasteiger partial charge in [0.05, 0.1) is 39.1 Å². The zero-order chi connectivity index (χ0) is 19.5. The van der Waals surface area contributed by atoms with Crippen molar-refractivity contribution < 1.29 is 23.7 Å². The lowest BCUT2D eigenvalue weighted by Crippen LogP contribution is -2.07. The molecule has 0 aliphatic rings. The number of methoxy groups -OCH3 is 3. The van der Waals surface area contributed by atoms with Crippen molar-refractivity contribution in [2.24, 2.45) is 0 Å². The van der Waals surface area contributed by atoms with Crippen LogP contribution in [0.2, 0.25) is 0 Å². The van der Waals surface area contributed by atoms with Gasteiger partial charge < -0.3 is 23.7 Å². The molecule has 27 heavy (non-hydrogen) atoms. The summed E-state index contributed by atoms with van der Waals surface area (Å²) >= 11 is 0. The third kappa shape index (κ3) is 6.03. The Morgan fingerprint density at radius 3 is 2.33 bits per heavy atom. The Morgan fingerprint density at radius 1 is 0.963 bits per heavy atom. The van der Waals surface area contributed by atoms with Crippen LogP contribution >= 0.6 is 0 Å². The lowest BCUT2D eigenvalue weighted by atomic mass is 10.0. The normalized spacial score (nSPS) is 11.0. The van der Waals surface area contributed by atoms with E-state index in [0.29, 0.717) is 36.0 Å². The Kier molecular flexibility index (Phi) is 8.17. The second-order valence-corrected chi connectivity index (χ2v) is 5.47. The molecule has 0 saturated heterocycles. The highest BCUT2D eigenvalue weighted by atomic mass is 16.7. The third-order valence-corrected chi connectivity index (χ3v) is 3.75. The summed E-state index contributed by atoms with van der Waals surface area (Å²) in [5.74, 6) is 1.92. The van der Waals surface area contributed by atoms with Crippen LogP contribution in [0.15, 0.2) is 42.5 Å². The van der Waals surface area contributed by atoms with E-state index in [2.05, 4.69) is 6.07 Å². The maximum atomic E-state index is 9.52. The van der Waals surface area contributed by atoms with Crippen molar-refractivity contribution in [2.75, 3.05) is 41.3 Å². The summed E-state index contributed by atoms with van der Waals surface area (Å²) < 4.78 is 26.2. The average Bonchev–Trinajstić information content (AvgIpc) is 2.72. The van der Waals surface area contributed by atoms with E-state index in [9.17, 15) is 5.26 Å². The molecule has 0 aliphatic heterocycles. The monoisotopic (exact) mass is 369 g/mol. The van der Waals surface area contributed by atoms with Crippen molar-refractivity contribution in [3.05, 3.63) is 53.6 Å². The number of rotatable bonds is 10. The minimum absolute atomic E-state index is 0.148. The predicted octanol–water partition coefficient (Wildman–Crippen LogP) is 3.77. The average molecular weight is 369 g/mol. The van der Waals surface area contributed by atoms with Crippen LogP contribution in [0, 0.1) is 11.3 Å². The van der Waals surface area contributed by atoms with Crippen LogP contribution in [0.4, 0.5) is 0 Å². The van der Waals surface area contributed by atoms with E-state index in [1.165, 1.54) is 0 Å². The SMILES string of the molecule is COCCOCOc1ccc(C(C#N)=Cc2ccc(OC)c(OC)c2)cc1. The van der Waals surface area contributed by atoms with Gasteiger partial charge in [-0.05, 0) is 53.6 Å². The Balaban J connectivity index is 2.08. The van der Waals surface area contributed by atoms with Crippen LogP contribution < -0.4 is 14.2 Å². The molecule has 6 nitrogen and oxygen atoms in total. The molecule has 0 atom stereocenters. The van der Waals surface area contributed by atoms with Gasteiger partial charge in [-0.25, -0.2) is 0 Å². The summed E-state index contributed by atoms with van der Waals surface area (Å²) in [5, 5.41) is 9.52. The predicted molar refractivity (Wildman–Crippen MR) is 103 cm³/mol. The molecule has 0 saturated carbocycles. The molecule has 0 bridgehead atoms. The smallest absolute Gasteiger partial charge is 0.189 e. The molecule has 6 heteroatoms. The summed E-state index contributed by atoms with van der Waals surface area (Å²) in [5.41, 5.74) is 2.17.